The Morgan fingerprint density at radius 3 is 2.45 bits per heavy atom. The van der Waals surface area contributed by atoms with Crippen molar-refractivity contribution in [1.82, 2.24) is 5.32 Å². The average Bonchev–Trinajstić information content (AvgIpc) is 3.06. The third-order valence-corrected chi connectivity index (χ3v) is 8.39. The number of nitrogens with zero attached hydrogens (tertiary/aromatic N) is 1. The highest BCUT2D eigenvalue weighted by molar-refractivity contribution is 7.85. The van der Waals surface area contributed by atoms with Gasteiger partial charge in [0.2, 0.25) is 0 Å². The number of ether oxygens (including phenoxy) is 2. The van der Waals surface area contributed by atoms with Crippen molar-refractivity contribution >= 4 is 39.9 Å². The normalized spacial score (nSPS) is 14.1. The highest BCUT2D eigenvalue weighted by atomic mass is 35.5. The second kappa shape index (κ2) is 11.9. The number of hydrogen-bond acceptors (Lipinski definition) is 5. The monoisotopic (exact) mass is 574 g/mol. The van der Waals surface area contributed by atoms with Crippen molar-refractivity contribution < 1.29 is 23.3 Å². The summed E-state index contributed by atoms with van der Waals surface area (Å²) in [5, 5.41) is 3.49. The third-order valence-electron chi connectivity index (χ3n) is 6.65. The maximum Gasteiger partial charge on any atom is 0.259 e. The van der Waals surface area contributed by atoms with Gasteiger partial charge in [0, 0.05) is 17.1 Å². The summed E-state index contributed by atoms with van der Waals surface area (Å²) in [6.45, 7) is 0.580. The van der Waals surface area contributed by atoms with Crippen LogP contribution >= 0.6 is 11.6 Å². The average molecular weight is 575 g/mol. The fourth-order valence-corrected chi connectivity index (χ4v) is 6.20. The Morgan fingerprint density at radius 1 is 0.875 bits per heavy atom. The predicted octanol–water partition coefficient (Wildman–Crippen LogP) is 5.66. The van der Waals surface area contributed by atoms with Gasteiger partial charge in [-0.05, 0) is 72.1 Å². The fraction of sp³-hybridized carbons (Fsp3) is 0.161. The van der Waals surface area contributed by atoms with E-state index in [1.165, 1.54) is 0 Å². The van der Waals surface area contributed by atoms with Crippen molar-refractivity contribution in [3.8, 4) is 11.5 Å². The molecule has 9 heteroatoms. The number of fused-ring (bicyclic) bond motifs is 2. The molecule has 1 atom stereocenters. The summed E-state index contributed by atoms with van der Waals surface area (Å²) in [7, 11) is 1.55. The first-order chi connectivity index (χ1) is 19.4. The van der Waals surface area contributed by atoms with Gasteiger partial charge in [-0.2, -0.15) is 0 Å². The Morgan fingerprint density at radius 2 is 1.68 bits per heavy atom. The van der Waals surface area contributed by atoms with Crippen LogP contribution in [0.1, 0.15) is 31.8 Å². The van der Waals surface area contributed by atoms with E-state index in [2.05, 4.69) is 5.32 Å². The number of carbonyl (C=O) groups is 2. The minimum atomic E-state index is -1.61. The van der Waals surface area contributed by atoms with Gasteiger partial charge in [0.25, 0.3) is 11.8 Å². The van der Waals surface area contributed by atoms with Gasteiger partial charge in [0.1, 0.15) is 0 Å². The molecule has 2 amide bonds. The molecular formula is C31H27ClN2O5S. The number of anilines is 1. The number of nitrogens with one attached hydrogen (secondary N) is 1. The lowest BCUT2D eigenvalue weighted by molar-refractivity contribution is 0.0950. The maximum absolute atomic E-state index is 13.8. The lowest BCUT2D eigenvalue weighted by Crippen LogP contribution is -2.31. The quantitative estimate of drug-likeness (QED) is 0.294. The molecule has 0 aromatic heterocycles. The van der Waals surface area contributed by atoms with Crippen LogP contribution in [0.2, 0.25) is 5.02 Å². The van der Waals surface area contributed by atoms with E-state index >= 15 is 0 Å². The number of methoxy groups -OCH3 is 2. The molecule has 40 heavy (non-hydrogen) atoms. The number of halogens is 1. The number of benzene rings is 4. The van der Waals surface area contributed by atoms with Gasteiger partial charge in [-0.3, -0.25) is 9.59 Å². The third kappa shape index (κ3) is 5.59. The SMILES string of the molecule is COc1ccc(CCNC(=O)c2ccc3c(c2)N(Cc2cccc(Cl)c2)C(=O)c2ccccc2[S@]3=O)cc1OC. The Kier molecular flexibility index (Phi) is 8.19. The van der Waals surface area contributed by atoms with E-state index in [0.29, 0.717) is 56.1 Å². The zero-order chi connectivity index (χ0) is 28.2. The molecule has 0 saturated carbocycles. The molecule has 204 valence electrons. The standard InChI is InChI=1S/C31H27ClN2O5S/c1-38-26-12-10-20(17-27(26)39-2)14-15-33-30(35)22-11-13-29-25(18-22)34(19-21-6-5-7-23(32)16-21)31(36)24-8-3-4-9-28(24)40(29)37/h3-13,16-18H,14-15,19H2,1-2H3,(H,33,35)/t40-/m1/s1. The van der Waals surface area contributed by atoms with E-state index in [0.717, 1.165) is 11.1 Å². The van der Waals surface area contributed by atoms with Crippen LogP contribution in [-0.4, -0.2) is 36.8 Å². The van der Waals surface area contributed by atoms with E-state index in [4.69, 9.17) is 21.1 Å². The van der Waals surface area contributed by atoms with Crippen molar-refractivity contribution in [2.45, 2.75) is 22.8 Å². The fourth-order valence-electron chi connectivity index (χ4n) is 4.64. The van der Waals surface area contributed by atoms with Crippen LogP contribution in [0.3, 0.4) is 0 Å². The van der Waals surface area contributed by atoms with Crippen molar-refractivity contribution in [3.63, 3.8) is 0 Å². The van der Waals surface area contributed by atoms with Gasteiger partial charge < -0.3 is 19.7 Å². The Labute approximate surface area is 240 Å². The summed E-state index contributed by atoms with van der Waals surface area (Å²) in [5.74, 6) is 0.659. The van der Waals surface area contributed by atoms with Crippen LogP contribution in [0.4, 0.5) is 5.69 Å². The summed E-state index contributed by atoms with van der Waals surface area (Å²) < 4.78 is 24.3. The van der Waals surface area contributed by atoms with Gasteiger partial charge in [-0.25, -0.2) is 4.21 Å². The highest BCUT2D eigenvalue weighted by Crippen LogP contribution is 2.36. The van der Waals surface area contributed by atoms with Crippen LogP contribution in [0.15, 0.2) is 94.7 Å². The van der Waals surface area contributed by atoms with Crippen LogP contribution in [0, 0.1) is 0 Å². The zero-order valence-electron chi connectivity index (χ0n) is 22.0. The number of amides is 2. The topological polar surface area (TPSA) is 84.9 Å². The second-order valence-corrected chi connectivity index (χ2v) is 11.0. The van der Waals surface area contributed by atoms with Gasteiger partial charge in [0.05, 0.1) is 52.6 Å². The molecule has 0 bridgehead atoms. The molecule has 0 spiro atoms. The number of rotatable bonds is 8. The Bertz CT molecular complexity index is 1620. The molecule has 4 aromatic carbocycles. The van der Waals surface area contributed by atoms with Crippen LogP contribution in [0.25, 0.3) is 0 Å². The van der Waals surface area contributed by atoms with E-state index in [1.54, 1.807) is 73.7 Å². The van der Waals surface area contributed by atoms with Crippen molar-refractivity contribution in [3.05, 3.63) is 112 Å². The van der Waals surface area contributed by atoms with Crippen LogP contribution in [0.5, 0.6) is 11.5 Å². The van der Waals surface area contributed by atoms with Crippen molar-refractivity contribution in [2.75, 3.05) is 25.7 Å². The summed E-state index contributed by atoms with van der Waals surface area (Å²) in [4.78, 5) is 29.4. The number of carbonyl (C=O) groups excluding carboxylic acids is 2. The first-order valence-corrected chi connectivity index (χ1v) is 14.1. The Balaban J connectivity index is 1.43. The van der Waals surface area contributed by atoms with Gasteiger partial charge in [0.15, 0.2) is 11.5 Å². The molecule has 1 heterocycles. The van der Waals surface area contributed by atoms with Crippen molar-refractivity contribution in [1.29, 1.82) is 0 Å². The molecule has 0 radical (unpaired) electrons. The summed E-state index contributed by atoms with van der Waals surface area (Å²) in [6, 6.07) is 24.7. The summed E-state index contributed by atoms with van der Waals surface area (Å²) >= 11 is 6.21. The van der Waals surface area contributed by atoms with E-state index in [1.807, 2.05) is 30.3 Å². The van der Waals surface area contributed by atoms with Gasteiger partial charge >= 0.3 is 0 Å². The smallest absolute Gasteiger partial charge is 0.259 e. The molecule has 0 unspecified atom stereocenters. The summed E-state index contributed by atoms with van der Waals surface area (Å²) in [5.41, 5.74) is 2.93. The molecule has 0 fully saturated rings. The minimum Gasteiger partial charge on any atom is -0.493 e. The first-order valence-electron chi connectivity index (χ1n) is 12.6. The van der Waals surface area contributed by atoms with Gasteiger partial charge in [-0.1, -0.05) is 41.9 Å². The molecule has 0 aliphatic carbocycles. The predicted molar refractivity (Wildman–Crippen MR) is 155 cm³/mol. The van der Waals surface area contributed by atoms with E-state index in [-0.39, 0.29) is 18.4 Å². The van der Waals surface area contributed by atoms with Crippen molar-refractivity contribution in [2.24, 2.45) is 0 Å². The molecule has 1 N–H and O–H groups in total. The summed E-state index contributed by atoms with van der Waals surface area (Å²) in [6.07, 6.45) is 0.579. The molecular weight excluding hydrogens is 548 g/mol. The molecule has 1 aliphatic rings. The van der Waals surface area contributed by atoms with E-state index < -0.39 is 10.8 Å². The lowest BCUT2D eigenvalue weighted by Gasteiger charge is -2.24. The van der Waals surface area contributed by atoms with Crippen LogP contribution < -0.4 is 19.7 Å². The molecule has 0 saturated heterocycles. The molecule has 7 nitrogen and oxygen atoms in total. The largest absolute Gasteiger partial charge is 0.493 e. The number of hydrogen-bond donors (Lipinski definition) is 1. The van der Waals surface area contributed by atoms with Crippen LogP contribution in [-0.2, 0) is 23.8 Å². The lowest BCUT2D eigenvalue weighted by atomic mass is 10.1. The Hall–Kier alpha value is -4.14. The second-order valence-electron chi connectivity index (χ2n) is 9.16. The molecule has 1 aliphatic heterocycles. The first kappa shape index (κ1) is 27.4. The zero-order valence-corrected chi connectivity index (χ0v) is 23.6. The minimum absolute atomic E-state index is 0.197. The van der Waals surface area contributed by atoms with Gasteiger partial charge in [-0.15, -0.1) is 0 Å². The van der Waals surface area contributed by atoms with E-state index in [9.17, 15) is 13.8 Å². The molecule has 4 aromatic rings. The molecule has 5 rings (SSSR count). The highest BCUT2D eigenvalue weighted by Gasteiger charge is 2.31. The maximum atomic E-state index is 13.8.